The minimum Gasteiger partial charge on any atom is -0.394 e. The maximum Gasteiger partial charge on any atom is 0.330 e. The minimum atomic E-state index is -0.528. The average molecular weight is 296 g/mol. The van der Waals surface area contributed by atoms with Crippen molar-refractivity contribution in [3.63, 3.8) is 0 Å². The maximum atomic E-state index is 11.9. The number of rotatable bonds is 5. The third-order valence-corrected chi connectivity index (χ3v) is 3.87. The predicted molar refractivity (Wildman–Crippen MR) is 75.1 cm³/mol. The number of nitrogens with zero attached hydrogens (tertiary/aromatic N) is 1. The molecule has 21 heavy (non-hydrogen) atoms. The van der Waals surface area contributed by atoms with Crippen molar-refractivity contribution in [2.24, 2.45) is 5.92 Å². The summed E-state index contributed by atoms with van der Waals surface area (Å²) in [7, 11) is 0. The van der Waals surface area contributed by atoms with Gasteiger partial charge < -0.3 is 14.6 Å². The summed E-state index contributed by atoms with van der Waals surface area (Å²) in [5.41, 5.74) is -0.522. The maximum absolute atomic E-state index is 11.9. The number of ketones is 1. The van der Waals surface area contributed by atoms with Crippen LogP contribution in [0.15, 0.2) is 15.8 Å². The Kier molecular flexibility index (Phi) is 4.74. The smallest absolute Gasteiger partial charge is 0.330 e. The summed E-state index contributed by atoms with van der Waals surface area (Å²) in [4.78, 5) is 36.6. The molecule has 2 rings (SSSR count). The molecule has 0 radical (unpaired) electrons. The normalized spacial score (nSPS) is 25.2. The van der Waals surface area contributed by atoms with E-state index < -0.39 is 23.6 Å². The molecule has 7 nitrogen and oxygen atoms in total. The molecule has 0 amide bonds. The van der Waals surface area contributed by atoms with Gasteiger partial charge in [-0.25, -0.2) is 4.79 Å². The lowest BCUT2D eigenvalue weighted by atomic mass is 9.94. The van der Waals surface area contributed by atoms with Gasteiger partial charge in [-0.05, 0) is 32.6 Å². The summed E-state index contributed by atoms with van der Waals surface area (Å²) in [5, 5.41) is 9.38. The number of aromatic nitrogens is 2. The highest BCUT2D eigenvalue weighted by molar-refractivity contribution is 5.75. The highest BCUT2D eigenvalue weighted by Crippen LogP contribution is 2.35. The van der Waals surface area contributed by atoms with E-state index >= 15 is 0 Å². The number of aliphatic hydroxyl groups excluding tert-OH is 1. The minimum absolute atomic E-state index is 0.0167. The van der Waals surface area contributed by atoms with E-state index in [1.807, 2.05) is 0 Å². The third kappa shape index (κ3) is 3.48. The van der Waals surface area contributed by atoms with Crippen LogP contribution in [0.4, 0.5) is 0 Å². The number of hydrogen-bond donors (Lipinski definition) is 2. The molecule has 0 bridgehead atoms. The molecule has 3 atom stereocenters. The van der Waals surface area contributed by atoms with Crippen LogP contribution >= 0.6 is 0 Å². The van der Waals surface area contributed by atoms with Crippen molar-refractivity contribution in [2.75, 3.05) is 6.61 Å². The van der Waals surface area contributed by atoms with E-state index in [4.69, 9.17) is 4.74 Å². The fourth-order valence-electron chi connectivity index (χ4n) is 2.64. The fraction of sp³-hybridized carbons (Fsp3) is 0.643. The van der Waals surface area contributed by atoms with E-state index in [-0.39, 0.29) is 18.3 Å². The van der Waals surface area contributed by atoms with Gasteiger partial charge in [0.25, 0.3) is 5.56 Å². The molecular formula is C14H20N2O5. The zero-order chi connectivity index (χ0) is 15.6. The van der Waals surface area contributed by atoms with Gasteiger partial charge in [-0.3, -0.25) is 14.3 Å². The van der Waals surface area contributed by atoms with Gasteiger partial charge in [-0.1, -0.05) is 0 Å². The van der Waals surface area contributed by atoms with E-state index in [9.17, 15) is 19.5 Å². The molecule has 0 aliphatic carbocycles. The molecular weight excluding hydrogens is 276 g/mol. The Morgan fingerprint density at radius 3 is 2.86 bits per heavy atom. The van der Waals surface area contributed by atoms with Crippen LogP contribution in [0.2, 0.25) is 0 Å². The third-order valence-electron chi connectivity index (χ3n) is 3.87. The molecule has 1 aliphatic rings. The zero-order valence-electron chi connectivity index (χ0n) is 12.2. The second-order valence-corrected chi connectivity index (χ2v) is 5.53. The van der Waals surface area contributed by atoms with Gasteiger partial charge in [0.1, 0.15) is 12.0 Å². The molecule has 1 aliphatic heterocycles. The topological polar surface area (TPSA) is 101 Å². The molecule has 2 heterocycles. The lowest BCUT2D eigenvalue weighted by Crippen LogP contribution is -2.33. The van der Waals surface area contributed by atoms with Crippen LogP contribution in [0.1, 0.15) is 38.0 Å². The first-order valence-electron chi connectivity index (χ1n) is 7.00. The molecule has 0 aromatic carbocycles. The Labute approximate surface area is 121 Å². The summed E-state index contributed by atoms with van der Waals surface area (Å²) >= 11 is 0. The van der Waals surface area contributed by atoms with Gasteiger partial charge in [0.2, 0.25) is 0 Å². The van der Waals surface area contributed by atoms with Crippen molar-refractivity contribution in [3.8, 4) is 0 Å². The van der Waals surface area contributed by atoms with Crippen LogP contribution in [0.5, 0.6) is 0 Å². The van der Waals surface area contributed by atoms with Gasteiger partial charge in [0, 0.05) is 18.2 Å². The van der Waals surface area contributed by atoms with E-state index in [0.29, 0.717) is 24.8 Å². The van der Waals surface area contributed by atoms with Crippen LogP contribution in [-0.2, 0) is 9.53 Å². The van der Waals surface area contributed by atoms with E-state index in [1.54, 1.807) is 6.92 Å². The molecule has 7 heteroatoms. The quantitative estimate of drug-likeness (QED) is 0.803. The number of hydrogen-bond acceptors (Lipinski definition) is 5. The Morgan fingerprint density at radius 2 is 2.24 bits per heavy atom. The van der Waals surface area contributed by atoms with Crippen molar-refractivity contribution in [2.45, 2.75) is 45.4 Å². The predicted octanol–water partition coefficient (Wildman–Crippen LogP) is 0.110. The monoisotopic (exact) mass is 296 g/mol. The molecule has 1 fully saturated rings. The second-order valence-electron chi connectivity index (χ2n) is 5.53. The van der Waals surface area contributed by atoms with E-state index in [0.717, 1.165) is 0 Å². The summed E-state index contributed by atoms with van der Waals surface area (Å²) in [6.45, 7) is 2.98. The number of aromatic amines is 1. The highest BCUT2D eigenvalue weighted by atomic mass is 16.5. The number of carbonyl (C=O) groups is 1. The van der Waals surface area contributed by atoms with Crippen LogP contribution in [0.25, 0.3) is 0 Å². The largest absolute Gasteiger partial charge is 0.394 e. The molecule has 0 spiro atoms. The molecule has 1 saturated heterocycles. The average Bonchev–Trinajstić information content (AvgIpc) is 2.83. The summed E-state index contributed by atoms with van der Waals surface area (Å²) in [6, 6.07) is 0. The number of H-pyrrole nitrogens is 1. The molecule has 1 aromatic heterocycles. The number of carbonyl (C=O) groups excluding carboxylic acids is 1. The van der Waals surface area contributed by atoms with Crippen molar-refractivity contribution in [3.05, 3.63) is 32.6 Å². The van der Waals surface area contributed by atoms with Gasteiger partial charge in [0.15, 0.2) is 0 Å². The van der Waals surface area contributed by atoms with Crippen molar-refractivity contribution < 1.29 is 14.6 Å². The number of aryl methyl sites for hydroxylation is 1. The Bertz CT molecular complexity index is 633. The summed E-state index contributed by atoms with van der Waals surface area (Å²) in [6.07, 6.45) is 2.12. The fourth-order valence-corrected chi connectivity index (χ4v) is 2.64. The zero-order valence-corrected chi connectivity index (χ0v) is 12.2. The molecule has 2 N–H and O–H groups in total. The standard InChI is InChI=1S/C14H20N2O5/c1-8-6-16(14(20)15-13(8)19)12-5-10(4-3-9(2)18)11(7-17)21-12/h6,10-12,17H,3-5,7H2,1-2H3,(H,15,19,20)/t10-,11-,12-/m1/s1. The number of nitrogens with one attached hydrogen (secondary N) is 1. The number of Topliss-reactive ketones (excluding diaryl/α,β-unsaturated/α-hetero) is 1. The van der Waals surface area contributed by atoms with E-state index in [1.165, 1.54) is 17.7 Å². The van der Waals surface area contributed by atoms with Gasteiger partial charge in [-0.15, -0.1) is 0 Å². The lowest BCUT2D eigenvalue weighted by Gasteiger charge is -2.15. The summed E-state index contributed by atoms with van der Waals surface area (Å²) in [5.74, 6) is 0.107. The first-order valence-corrected chi connectivity index (χ1v) is 7.00. The molecule has 0 saturated carbocycles. The van der Waals surface area contributed by atoms with Gasteiger partial charge in [-0.2, -0.15) is 0 Å². The number of aliphatic hydroxyl groups is 1. The Morgan fingerprint density at radius 1 is 1.52 bits per heavy atom. The van der Waals surface area contributed by atoms with Crippen molar-refractivity contribution >= 4 is 5.78 Å². The lowest BCUT2D eigenvalue weighted by molar-refractivity contribution is -0.117. The first-order chi connectivity index (χ1) is 9.92. The number of ether oxygens (including phenoxy) is 1. The van der Waals surface area contributed by atoms with Crippen molar-refractivity contribution in [1.82, 2.24) is 9.55 Å². The molecule has 1 aromatic rings. The first kappa shape index (κ1) is 15.7. The van der Waals surface area contributed by atoms with Crippen molar-refractivity contribution in [1.29, 1.82) is 0 Å². The Balaban J connectivity index is 2.19. The van der Waals surface area contributed by atoms with E-state index in [2.05, 4.69) is 4.98 Å². The van der Waals surface area contributed by atoms with Crippen LogP contribution in [-0.4, -0.2) is 33.2 Å². The summed E-state index contributed by atoms with van der Waals surface area (Å²) < 4.78 is 7.04. The van der Waals surface area contributed by atoms with Crippen LogP contribution < -0.4 is 11.2 Å². The SMILES string of the molecule is CC(=O)CC[C@@H]1C[C@H](n2cc(C)c(=O)[nH]c2=O)O[C@@H]1CO. The van der Waals surface area contributed by atoms with Gasteiger partial charge >= 0.3 is 5.69 Å². The van der Waals surface area contributed by atoms with Crippen LogP contribution in [0.3, 0.4) is 0 Å². The Hall–Kier alpha value is -1.73. The second kappa shape index (κ2) is 6.36. The highest BCUT2D eigenvalue weighted by Gasteiger charge is 2.36. The molecule has 116 valence electrons. The van der Waals surface area contributed by atoms with Gasteiger partial charge in [0.05, 0.1) is 12.7 Å². The van der Waals surface area contributed by atoms with Crippen LogP contribution in [0, 0.1) is 12.8 Å². The molecule has 0 unspecified atom stereocenters.